The molecule has 0 nitrogen and oxygen atoms in total. The average molecular weight is 393 g/mol. The Hall–Kier alpha value is -2.90. The van der Waals surface area contributed by atoms with E-state index >= 15 is 0 Å². The second-order valence-electron chi connectivity index (χ2n) is 8.14. The standard InChI is InChI=1S/C28H28Si/c1-4-23(20-22-14-8-5-9-15-22)28(25-18-12-7-13-19-25)27-21-26(29(27,2)3)24-16-10-6-11-17-24/h5-21H,4H2,1-3H3/b23-20+,28-27+. The summed E-state index contributed by atoms with van der Waals surface area (Å²) in [4.78, 5) is 0. The quantitative estimate of drug-likeness (QED) is 0.388. The van der Waals surface area contributed by atoms with Crippen LogP contribution in [0, 0.1) is 0 Å². The maximum atomic E-state index is 2.49. The average Bonchev–Trinajstić information content (AvgIpc) is 2.77. The van der Waals surface area contributed by atoms with E-state index in [9.17, 15) is 0 Å². The molecule has 1 heteroatoms. The van der Waals surface area contributed by atoms with Crippen LogP contribution in [0.15, 0.2) is 108 Å². The third-order valence-electron chi connectivity index (χ3n) is 5.89. The Morgan fingerprint density at radius 2 is 1.31 bits per heavy atom. The monoisotopic (exact) mass is 392 g/mol. The van der Waals surface area contributed by atoms with Gasteiger partial charge in [0.1, 0.15) is 8.07 Å². The summed E-state index contributed by atoms with van der Waals surface area (Å²) < 4.78 is 0. The van der Waals surface area contributed by atoms with Crippen LogP contribution in [0.5, 0.6) is 0 Å². The van der Waals surface area contributed by atoms with E-state index in [-0.39, 0.29) is 0 Å². The zero-order valence-corrected chi connectivity index (χ0v) is 18.5. The first-order valence-electron chi connectivity index (χ1n) is 10.4. The van der Waals surface area contributed by atoms with E-state index in [2.05, 4.69) is 123 Å². The molecule has 0 N–H and O–H groups in total. The predicted molar refractivity (Wildman–Crippen MR) is 130 cm³/mol. The Labute approximate surface area is 176 Å². The van der Waals surface area contributed by atoms with Crippen molar-refractivity contribution in [3.63, 3.8) is 0 Å². The minimum Gasteiger partial charge on any atom is -0.0622 e. The minimum absolute atomic E-state index is 1.02. The van der Waals surface area contributed by atoms with Gasteiger partial charge in [0.25, 0.3) is 0 Å². The fourth-order valence-electron chi connectivity index (χ4n) is 4.24. The van der Waals surface area contributed by atoms with Crippen molar-refractivity contribution >= 4 is 24.9 Å². The number of allylic oxidation sites excluding steroid dienone is 4. The summed E-state index contributed by atoms with van der Waals surface area (Å²) in [6.07, 6.45) is 5.84. The molecule has 3 aromatic carbocycles. The van der Waals surface area contributed by atoms with Crippen molar-refractivity contribution in [1.29, 1.82) is 0 Å². The SMILES string of the molecule is CCC(=C\c1ccccc1)/C(=C1/C=C(c2ccccc2)[Si]1(C)C)c1ccccc1. The molecule has 0 bridgehead atoms. The molecule has 1 aliphatic rings. The molecule has 1 heterocycles. The molecule has 0 aliphatic carbocycles. The van der Waals surface area contributed by atoms with E-state index in [1.54, 1.807) is 10.4 Å². The summed E-state index contributed by atoms with van der Waals surface area (Å²) in [6.45, 7) is 7.25. The molecule has 0 atom stereocenters. The van der Waals surface area contributed by atoms with Gasteiger partial charge in [0, 0.05) is 0 Å². The van der Waals surface area contributed by atoms with Crippen LogP contribution in [0.25, 0.3) is 16.8 Å². The number of rotatable bonds is 5. The van der Waals surface area contributed by atoms with Crippen LogP contribution in [0.1, 0.15) is 30.0 Å². The highest BCUT2D eigenvalue weighted by Gasteiger charge is 2.40. The van der Waals surface area contributed by atoms with Crippen LogP contribution < -0.4 is 0 Å². The molecule has 4 rings (SSSR count). The van der Waals surface area contributed by atoms with Crippen molar-refractivity contribution in [3.05, 3.63) is 125 Å². The fourth-order valence-corrected chi connectivity index (χ4v) is 7.13. The minimum atomic E-state index is -1.69. The molecule has 0 spiro atoms. The van der Waals surface area contributed by atoms with Gasteiger partial charge in [-0.2, -0.15) is 0 Å². The smallest absolute Gasteiger partial charge is 0.0622 e. The molecule has 144 valence electrons. The molecule has 0 radical (unpaired) electrons. The lowest BCUT2D eigenvalue weighted by molar-refractivity contribution is 1.16. The fraction of sp³-hybridized carbons (Fsp3) is 0.143. The van der Waals surface area contributed by atoms with E-state index in [1.165, 1.54) is 27.8 Å². The van der Waals surface area contributed by atoms with Gasteiger partial charge in [-0.1, -0.05) is 123 Å². The summed E-state index contributed by atoms with van der Waals surface area (Å²) in [6, 6.07) is 32.5. The van der Waals surface area contributed by atoms with Gasteiger partial charge in [-0.25, -0.2) is 0 Å². The van der Waals surface area contributed by atoms with Crippen LogP contribution in [-0.4, -0.2) is 8.07 Å². The van der Waals surface area contributed by atoms with E-state index in [0.717, 1.165) is 6.42 Å². The second-order valence-corrected chi connectivity index (χ2v) is 12.5. The first kappa shape index (κ1) is 19.4. The van der Waals surface area contributed by atoms with E-state index in [4.69, 9.17) is 0 Å². The lowest BCUT2D eigenvalue weighted by atomic mass is 9.93. The Kier molecular flexibility index (Phi) is 5.51. The zero-order chi connectivity index (χ0) is 20.3. The molecule has 29 heavy (non-hydrogen) atoms. The van der Waals surface area contributed by atoms with Gasteiger partial charge in [-0.3, -0.25) is 0 Å². The van der Waals surface area contributed by atoms with Crippen molar-refractivity contribution < 1.29 is 0 Å². The summed E-state index contributed by atoms with van der Waals surface area (Å²) >= 11 is 0. The highest BCUT2D eigenvalue weighted by Crippen LogP contribution is 2.47. The van der Waals surface area contributed by atoms with Crippen LogP contribution >= 0.6 is 0 Å². The van der Waals surface area contributed by atoms with E-state index < -0.39 is 8.07 Å². The number of hydrogen-bond acceptors (Lipinski definition) is 0. The van der Waals surface area contributed by atoms with Gasteiger partial charge >= 0.3 is 0 Å². The van der Waals surface area contributed by atoms with Gasteiger partial charge in [-0.15, -0.1) is 0 Å². The van der Waals surface area contributed by atoms with Crippen molar-refractivity contribution in [2.45, 2.75) is 26.4 Å². The molecule has 1 aliphatic heterocycles. The van der Waals surface area contributed by atoms with Gasteiger partial charge in [0.2, 0.25) is 0 Å². The Morgan fingerprint density at radius 1 is 0.759 bits per heavy atom. The molecule has 0 fully saturated rings. The van der Waals surface area contributed by atoms with Crippen LogP contribution in [0.2, 0.25) is 13.1 Å². The van der Waals surface area contributed by atoms with Gasteiger partial charge in [0.05, 0.1) is 0 Å². The van der Waals surface area contributed by atoms with E-state index in [0.29, 0.717) is 0 Å². The molecular weight excluding hydrogens is 364 g/mol. The third-order valence-corrected chi connectivity index (χ3v) is 9.42. The summed E-state index contributed by atoms with van der Waals surface area (Å²) in [5, 5.41) is 3.11. The Morgan fingerprint density at radius 3 is 1.86 bits per heavy atom. The molecule has 3 aromatic rings. The highest BCUT2D eigenvalue weighted by atomic mass is 28.3. The maximum Gasteiger partial charge on any atom is 0.113 e. The number of benzene rings is 3. The van der Waals surface area contributed by atoms with Crippen molar-refractivity contribution in [2.24, 2.45) is 0 Å². The normalized spacial score (nSPS) is 17.3. The van der Waals surface area contributed by atoms with Crippen molar-refractivity contribution in [2.75, 3.05) is 0 Å². The zero-order valence-electron chi connectivity index (χ0n) is 17.5. The van der Waals surface area contributed by atoms with Gasteiger partial charge in [-0.05, 0) is 44.7 Å². The molecule has 0 aromatic heterocycles. The molecule has 0 amide bonds. The van der Waals surface area contributed by atoms with Crippen LogP contribution in [-0.2, 0) is 0 Å². The van der Waals surface area contributed by atoms with Gasteiger partial charge in [0.15, 0.2) is 0 Å². The Bertz CT molecular complexity index is 1070. The largest absolute Gasteiger partial charge is 0.113 e. The summed E-state index contributed by atoms with van der Waals surface area (Å²) in [5.74, 6) is 0. The topological polar surface area (TPSA) is 0 Å². The van der Waals surface area contributed by atoms with Crippen molar-refractivity contribution in [3.8, 4) is 0 Å². The summed E-state index contributed by atoms with van der Waals surface area (Å²) in [5.41, 5.74) is 6.83. The lowest BCUT2D eigenvalue weighted by Gasteiger charge is -2.39. The number of hydrogen-bond donors (Lipinski definition) is 0. The van der Waals surface area contributed by atoms with E-state index in [1.807, 2.05) is 0 Å². The lowest BCUT2D eigenvalue weighted by Crippen LogP contribution is -2.39. The first-order chi connectivity index (χ1) is 14.1. The maximum absolute atomic E-state index is 2.49. The van der Waals surface area contributed by atoms with Crippen molar-refractivity contribution in [1.82, 2.24) is 0 Å². The predicted octanol–water partition coefficient (Wildman–Crippen LogP) is 7.82. The Balaban J connectivity index is 1.91. The first-order valence-corrected chi connectivity index (χ1v) is 13.4. The highest BCUT2D eigenvalue weighted by molar-refractivity contribution is 7.05. The summed E-state index contributed by atoms with van der Waals surface area (Å²) in [7, 11) is -1.69. The van der Waals surface area contributed by atoms with Crippen LogP contribution in [0.4, 0.5) is 0 Å². The third kappa shape index (κ3) is 3.83. The van der Waals surface area contributed by atoms with Crippen LogP contribution in [0.3, 0.4) is 0 Å². The molecule has 0 saturated carbocycles. The van der Waals surface area contributed by atoms with Gasteiger partial charge < -0.3 is 0 Å². The molecule has 0 unspecified atom stereocenters. The second kappa shape index (κ2) is 8.22. The molecule has 0 saturated heterocycles. The molecular formula is C28H28Si.